The predicted octanol–water partition coefficient (Wildman–Crippen LogP) is 3.38. The summed E-state index contributed by atoms with van der Waals surface area (Å²) in [5.74, 6) is 0.534. The number of nitrogens with one attached hydrogen (secondary N) is 1. The number of piperidine rings is 1. The molecule has 1 aliphatic rings. The van der Waals surface area contributed by atoms with E-state index in [1.165, 1.54) is 0 Å². The van der Waals surface area contributed by atoms with Crippen LogP contribution in [-0.4, -0.2) is 43.0 Å². The first-order valence-electron chi connectivity index (χ1n) is 8.56. The molecular formula is C20H21ClN2O3. The molecule has 136 valence electrons. The third-order valence-electron chi connectivity index (χ3n) is 4.54. The number of rotatable bonds is 4. The van der Waals surface area contributed by atoms with E-state index in [1.807, 2.05) is 4.90 Å². The van der Waals surface area contributed by atoms with Crippen molar-refractivity contribution in [2.75, 3.05) is 20.2 Å². The van der Waals surface area contributed by atoms with Gasteiger partial charge in [0.05, 0.1) is 7.11 Å². The van der Waals surface area contributed by atoms with Gasteiger partial charge in [-0.2, -0.15) is 0 Å². The number of methoxy groups -OCH3 is 1. The highest BCUT2D eigenvalue weighted by Gasteiger charge is 2.25. The van der Waals surface area contributed by atoms with Crippen molar-refractivity contribution in [3.63, 3.8) is 0 Å². The highest BCUT2D eigenvalue weighted by molar-refractivity contribution is 6.30. The number of benzene rings is 2. The maximum absolute atomic E-state index is 12.5. The number of amides is 2. The zero-order valence-electron chi connectivity index (χ0n) is 14.6. The third-order valence-corrected chi connectivity index (χ3v) is 4.79. The molecule has 1 heterocycles. The average Bonchev–Trinajstić information content (AvgIpc) is 2.68. The molecule has 1 saturated heterocycles. The quantitative estimate of drug-likeness (QED) is 0.895. The number of likely N-dealkylation sites (tertiary alicyclic amines) is 1. The van der Waals surface area contributed by atoms with Gasteiger partial charge in [-0.05, 0) is 55.3 Å². The Balaban J connectivity index is 1.54. The lowest BCUT2D eigenvalue weighted by atomic mass is 10.0. The fourth-order valence-electron chi connectivity index (χ4n) is 3.03. The summed E-state index contributed by atoms with van der Waals surface area (Å²) in [6, 6.07) is 14.0. The molecule has 0 bridgehead atoms. The Morgan fingerprint density at radius 3 is 2.42 bits per heavy atom. The van der Waals surface area contributed by atoms with Gasteiger partial charge in [0.2, 0.25) is 0 Å². The SMILES string of the molecule is COc1cccc(C(=O)NC2CCN(C(=O)c3ccc(Cl)cc3)CC2)c1. The van der Waals surface area contributed by atoms with E-state index in [1.54, 1.807) is 55.6 Å². The van der Waals surface area contributed by atoms with E-state index in [0.29, 0.717) is 35.0 Å². The Bertz CT molecular complexity index is 784. The van der Waals surface area contributed by atoms with E-state index >= 15 is 0 Å². The first-order chi connectivity index (χ1) is 12.6. The standard InChI is InChI=1S/C20H21ClN2O3/c1-26-18-4-2-3-15(13-18)19(24)22-17-9-11-23(12-10-17)20(25)14-5-7-16(21)8-6-14/h2-8,13,17H,9-12H2,1H3,(H,22,24). The lowest BCUT2D eigenvalue weighted by Crippen LogP contribution is -2.46. The molecule has 2 amide bonds. The number of ether oxygens (including phenoxy) is 1. The maximum atomic E-state index is 12.5. The molecule has 0 aromatic heterocycles. The van der Waals surface area contributed by atoms with Crippen LogP contribution >= 0.6 is 11.6 Å². The minimum absolute atomic E-state index is 0.000705. The molecular weight excluding hydrogens is 352 g/mol. The van der Waals surface area contributed by atoms with Gasteiger partial charge in [0.1, 0.15) is 5.75 Å². The van der Waals surface area contributed by atoms with Gasteiger partial charge in [0, 0.05) is 35.3 Å². The van der Waals surface area contributed by atoms with Crippen molar-refractivity contribution in [2.45, 2.75) is 18.9 Å². The van der Waals surface area contributed by atoms with Crippen molar-refractivity contribution < 1.29 is 14.3 Å². The third kappa shape index (κ3) is 4.35. The smallest absolute Gasteiger partial charge is 0.253 e. The largest absolute Gasteiger partial charge is 0.497 e. The summed E-state index contributed by atoms with van der Waals surface area (Å²) in [6.45, 7) is 1.23. The van der Waals surface area contributed by atoms with Crippen molar-refractivity contribution in [3.8, 4) is 5.75 Å². The highest BCUT2D eigenvalue weighted by Crippen LogP contribution is 2.17. The first kappa shape index (κ1) is 18.3. The van der Waals surface area contributed by atoms with Gasteiger partial charge in [-0.25, -0.2) is 0 Å². The van der Waals surface area contributed by atoms with Gasteiger partial charge in [-0.3, -0.25) is 9.59 Å². The molecule has 3 rings (SSSR count). The van der Waals surface area contributed by atoms with Gasteiger partial charge in [0.15, 0.2) is 0 Å². The number of carbonyl (C=O) groups is 2. The average molecular weight is 373 g/mol. The zero-order valence-corrected chi connectivity index (χ0v) is 15.3. The number of hydrogen-bond acceptors (Lipinski definition) is 3. The Morgan fingerprint density at radius 2 is 1.77 bits per heavy atom. The molecule has 2 aromatic carbocycles. The summed E-state index contributed by atoms with van der Waals surface area (Å²) in [5.41, 5.74) is 1.21. The van der Waals surface area contributed by atoms with Crippen LogP contribution in [0.4, 0.5) is 0 Å². The Kier molecular flexibility index (Phi) is 5.78. The lowest BCUT2D eigenvalue weighted by molar-refractivity contribution is 0.0698. The minimum Gasteiger partial charge on any atom is -0.497 e. The van der Waals surface area contributed by atoms with E-state index in [0.717, 1.165) is 12.8 Å². The number of nitrogens with zero attached hydrogens (tertiary/aromatic N) is 1. The first-order valence-corrected chi connectivity index (χ1v) is 8.94. The minimum atomic E-state index is -0.119. The Labute approximate surface area is 157 Å². The predicted molar refractivity (Wildman–Crippen MR) is 101 cm³/mol. The van der Waals surface area contributed by atoms with Gasteiger partial charge >= 0.3 is 0 Å². The summed E-state index contributed by atoms with van der Waals surface area (Å²) >= 11 is 5.87. The normalized spacial score (nSPS) is 14.8. The van der Waals surface area contributed by atoms with E-state index in [-0.39, 0.29) is 17.9 Å². The van der Waals surface area contributed by atoms with Crippen LogP contribution in [0.5, 0.6) is 5.75 Å². The summed E-state index contributed by atoms with van der Waals surface area (Å²) < 4.78 is 5.15. The molecule has 0 saturated carbocycles. The summed E-state index contributed by atoms with van der Waals surface area (Å²) in [5, 5.41) is 3.65. The Hall–Kier alpha value is -2.53. The van der Waals surface area contributed by atoms with Crippen LogP contribution < -0.4 is 10.1 Å². The highest BCUT2D eigenvalue weighted by atomic mass is 35.5. The Morgan fingerprint density at radius 1 is 1.08 bits per heavy atom. The van der Waals surface area contributed by atoms with Crippen LogP contribution in [0.15, 0.2) is 48.5 Å². The second kappa shape index (κ2) is 8.23. The molecule has 1 fully saturated rings. The van der Waals surface area contributed by atoms with Crippen LogP contribution in [0.25, 0.3) is 0 Å². The van der Waals surface area contributed by atoms with Crippen LogP contribution in [0, 0.1) is 0 Å². The van der Waals surface area contributed by atoms with Crippen LogP contribution in [0.3, 0.4) is 0 Å². The lowest BCUT2D eigenvalue weighted by Gasteiger charge is -2.32. The molecule has 0 unspecified atom stereocenters. The fourth-order valence-corrected chi connectivity index (χ4v) is 3.16. The molecule has 2 aromatic rings. The van der Waals surface area contributed by atoms with Gasteiger partial charge in [-0.15, -0.1) is 0 Å². The van der Waals surface area contributed by atoms with Gasteiger partial charge < -0.3 is 15.0 Å². The number of halogens is 1. The molecule has 0 atom stereocenters. The fraction of sp³-hybridized carbons (Fsp3) is 0.300. The van der Waals surface area contributed by atoms with Crippen molar-refractivity contribution >= 4 is 23.4 Å². The van der Waals surface area contributed by atoms with Crippen LogP contribution in [0.1, 0.15) is 33.6 Å². The molecule has 0 spiro atoms. The van der Waals surface area contributed by atoms with Crippen molar-refractivity contribution in [3.05, 3.63) is 64.7 Å². The number of hydrogen-bond donors (Lipinski definition) is 1. The summed E-state index contributed by atoms with van der Waals surface area (Å²) in [4.78, 5) is 26.7. The molecule has 0 aliphatic carbocycles. The number of carbonyl (C=O) groups excluding carboxylic acids is 2. The van der Waals surface area contributed by atoms with E-state index in [4.69, 9.17) is 16.3 Å². The van der Waals surface area contributed by atoms with Crippen LogP contribution in [-0.2, 0) is 0 Å². The summed E-state index contributed by atoms with van der Waals surface area (Å²) in [7, 11) is 1.57. The van der Waals surface area contributed by atoms with E-state index in [2.05, 4.69) is 5.32 Å². The van der Waals surface area contributed by atoms with Crippen molar-refractivity contribution in [2.24, 2.45) is 0 Å². The molecule has 1 N–H and O–H groups in total. The monoisotopic (exact) mass is 372 g/mol. The van der Waals surface area contributed by atoms with Crippen molar-refractivity contribution in [1.29, 1.82) is 0 Å². The molecule has 1 aliphatic heterocycles. The summed E-state index contributed by atoms with van der Waals surface area (Å²) in [6.07, 6.45) is 1.46. The molecule has 5 nitrogen and oxygen atoms in total. The molecule has 6 heteroatoms. The van der Waals surface area contributed by atoms with E-state index < -0.39 is 0 Å². The van der Waals surface area contributed by atoms with Gasteiger partial charge in [0.25, 0.3) is 11.8 Å². The van der Waals surface area contributed by atoms with Crippen LogP contribution in [0.2, 0.25) is 5.02 Å². The molecule has 0 radical (unpaired) electrons. The zero-order chi connectivity index (χ0) is 18.5. The van der Waals surface area contributed by atoms with Crippen molar-refractivity contribution in [1.82, 2.24) is 10.2 Å². The van der Waals surface area contributed by atoms with Gasteiger partial charge in [-0.1, -0.05) is 17.7 Å². The van der Waals surface area contributed by atoms with E-state index in [9.17, 15) is 9.59 Å². The second-order valence-electron chi connectivity index (χ2n) is 6.28. The molecule has 26 heavy (non-hydrogen) atoms. The second-order valence-corrected chi connectivity index (χ2v) is 6.72. The topological polar surface area (TPSA) is 58.6 Å². The maximum Gasteiger partial charge on any atom is 0.253 e.